The maximum absolute atomic E-state index is 13.8. The fraction of sp³-hybridized carbons (Fsp3) is 0.236. The van der Waals surface area contributed by atoms with Crippen molar-refractivity contribution in [3.63, 3.8) is 0 Å². The number of rotatable bonds is 22. The monoisotopic (exact) mass is 1000 g/mol. The van der Waals surface area contributed by atoms with Crippen molar-refractivity contribution in [2.45, 2.75) is 63.7 Å². The minimum Gasteiger partial charge on any atom is -0.369 e. The molecule has 0 amide bonds. The Morgan fingerprint density at radius 2 is 1.10 bits per heavy atom. The van der Waals surface area contributed by atoms with Crippen molar-refractivity contribution >= 4 is 40.5 Å². The van der Waals surface area contributed by atoms with Gasteiger partial charge >= 0.3 is 5.56 Å². The lowest BCUT2D eigenvalue weighted by molar-refractivity contribution is -0.152. The highest BCUT2D eigenvalue weighted by Crippen LogP contribution is 2.61. The van der Waals surface area contributed by atoms with E-state index in [0.29, 0.717) is 32.0 Å². The Morgan fingerprint density at radius 3 is 1.64 bits per heavy atom. The van der Waals surface area contributed by atoms with Gasteiger partial charge in [-0.25, -0.2) is 9.98 Å². The van der Waals surface area contributed by atoms with Crippen molar-refractivity contribution in [1.29, 1.82) is 0 Å². The molecule has 6 atom stereocenters. The molecule has 4 heterocycles. The molecular formula is C55H55N7O8P2. The summed E-state index contributed by atoms with van der Waals surface area (Å²) in [7, 11) is -0.0744. The number of imidazole rings is 1. The molecule has 2 aromatic heterocycles. The second kappa shape index (κ2) is 23.9. The lowest BCUT2D eigenvalue weighted by atomic mass is 10.1. The van der Waals surface area contributed by atoms with E-state index in [1.807, 2.05) is 193 Å². The molecule has 2 saturated heterocycles. The van der Waals surface area contributed by atoms with Gasteiger partial charge in [0.15, 0.2) is 23.7 Å². The van der Waals surface area contributed by atoms with Crippen molar-refractivity contribution in [3.8, 4) is 0 Å². The quantitative estimate of drug-likeness (QED) is 0.0363. The molecule has 0 aliphatic carbocycles. The molecule has 72 heavy (non-hydrogen) atoms. The summed E-state index contributed by atoms with van der Waals surface area (Å²) < 4.78 is 54.3. The molecule has 15 nitrogen and oxygen atoms in total. The Balaban J connectivity index is 1.02. The van der Waals surface area contributed by atoms with Crippen LogP contribution in [0.1, 0.15) is 45.9 Å². The highest BCUT2D eigenvalue weighted by atomic mass is 31.2. The van der Waals surface area contributed by atoms with E-state index in [2.05, 4.69) is 31.5 Å². The van der Waals surface area contributed by atoms with Gasteiger partial charge in [0.05, 0.1) is 45.6 Å². The van der Waals surface area contributed by atoms with Gasteiger partial charge in [0.2, 0.25) is 5.95 Å². The van der Waals surface area contributed by atoms with Gasteiger partial charge in [-0.05, 0) is 27.8 Å². The van der Waals surface area contributed by atoms with E-state index >= 15 is 0 Å². The van der Waals surface area contributed by atoms with E-state index < -0.39 is 53.4 Å². The summed E-state index contributed by atoms with van der Waals surface area (Å²) in [6.07, 6.45) is -0.298. The van der Waals surface area contributed by atoms with E-state index in [9.17, 15) is 4.79 Å². The Bertz CT molecular complexity index is 2990. The maximum atomic E-state index is 13.8. The fourth-order valence-electron chi connectivity index (χ4n) is 8.41. The minimum atomic E-state index is -1.96. The first-order chi connectivity index (χ1) is 35.4. The van der Waals surface area contributed by atoms with Crippen LogP contribution in [0.5, 0.6) is 0 Å². The van der Waals surface area contributed by atoms with Gasteiger partial charge in [0.1, 0.15) is 18.3 Å². The molecule has 0 N–H and O–H groups in total. The van der Waals surface area contributed by atoms with Crippen molar-refractivity contribution in [3.05, 3.63) is 232 Å². The number of aromatic nitrogens is 4. The molecule has 2 aliphatic heterocycles. The molecule has 6 unspecified atom stereocenters. The highest BCUT2D eigenvalue weighted by molar-refractivity contribution is 7.60. The predicted octanol–water partition coefficient (Wildman–Crippen LogP) is 10.9. The number of hydrogen-bond acceptors (Lipinski definition) is 12. The van der Waals surface area contributed by atoms with Crippen molar-refractivity contribution in [2.75, 3.05) is 20.7 Å². The Hall–Kier alpha value is -6.32. The summed E-state index contributed by atoms with van der Waals surface area (Å²) in [5.41, 5.74) is 5.95. The molecule has 0 radical (unpaired) electrons. The van der Waals surface area contributed by atoms with Crippen LogP contribution < -0.4 is 5.56 Å². The molecule has 0 saturated carbocycles. The average Bonchev–Trinajstić information content (AvgIpc) is 4.16. The first-order valence-electron chi connectivity index (χ1n) is 23.7. The van der Waals surface area contributed by atoms with Crippen LogP contribution in [0.3, 0.4) is 0 Å². The van der Waals surface area contributed by atoms with E-state index in [1.54, 1.807) is 17.6 Å². The van der Waals surface area contributed by atoms with E-state index in [0.717, 1.165) is 33.4 Å². The first kappa shape index (κ1) is 49.3. The third kappa shape index (κ3) is 12.1. The molecule has 2 fully saturated rings. The van der Waals surface area contributed by atoms with Crippen LogP contribution in [0.4, 0.5) is 5.95 Å². The number of aliphatic imine (C=N–C) groups is 1. The summed E-state index contributed by atoms with van der Waals surface area (Å²) in [6.45, 7) is 1.60. The molecule has 0 spiro atoms. The van der Waals surface area contributed by atoms with Crippen molar-refractivity contribution < 1.29 is 32.3 Å². The van der Waals surface area contributed by atoms with Crippen LogP contribution in [0, 0.1) is 0 Å². The number of hydrogen-bond donors (Lipinski definition) is 0. The third-order valence-electron chi connectivity index (χ3n) is 11.9. The van der Waals surface area contributed by atoms with Gasteiger partial charge < -0.3 is 37.2 Å². The van der Waals surface area contributed by atoms with E-state index in [-0.39, 0.29) is 24.7 Å². The van der Waals surface area contributed by atoms with Crippen molar-refractivity contribution in [1.82, 2.24) is 28.4 Å². The number of fused-ring (bicyclic) bond motifs is 2. The van der Waals surface area contributed by atoms with Gasteiger partial charge in [-0.2, -0.15) is 9.42 Å². The number of benzene rings is 6. The van der Waals surface area contributed by atoms with Crippen LogP contribution >= 0.6 is 17.1 Å². The molecule has 17 heteroatoms. The van der Waals surface area contributed by atoms with E-state index in [4.69, 9.17) is 32.3 Å². The largest absolute Gasteiger partial charge is 0.369 e. The van der Waals surface area contributed by atoms with Crippen LogP contribution in [-0.2, 0) is 65.2 Å². The average molecular weight is 1000 g/mol. The van der Waals surface area contributed by atoms with Crippen LogP contribution in [0.15, 0.2) is 198 Å². The Labute approximate surface area is 421 Å². The van der Waals surface area contributed by atoms with Gasteiger partial charge in [0, 0.05) is 26.2 Å². The van der Waals surface area contributed by atoms with Crippen LogP contribution in [-0.4, -0.2) is 73.8 Å². The smallest absolute Gasteiger partial charge is 0.302 e. The zero-order valence-corrected chi connectivity index (χ0v) is 41.7. The minimum absolute atomic E-state index is 0.0260. The normalized spacial score (nSPS) is 19.1. The topological polar surface area (TPSA) is 136 Å². The SMILES string of the molecule is CN(C)/C=N/c1nc(=O)c2ncn(C3OC(COP(OCc4ccccc4)N(Cc4ccccc4)P(OCc4ccccc4)OCc4ccccc4)C4OC(c5ccccc5)OC43)c2n1Cc1ccccc1. The summed E-state index contributed by atoms with van der Waals surface area (Å²) in [5, 5.41) is 0. The highest BCUT2D eigenvalue weighted by Gasteiger charge is 2.54. The lowest BCUT2D eigenvalue weighted by Crippen LogP contribution is -2.32. The molecule has 368 valence electrons. The second-order valence-electron chi connectivity index (χ2n) is 17.4. The first-order valence-corrected chi connectivity index (χ1v) is 26.0. The van der Waals surface area contributed by atoms with Crippen molar-refractivity contribution in [2.24, 2.45) is 4.99 Å². The molecule has 0 bridgehead atoms. The van der Waals surface area contributed by atoms with Gasteiger partial charge in [-0.15, -0.1) is 0 Å². The summed E-state index contributed by atoms with van der Waals surface area (Å²) >= 11 is 0. The maximum Gasteiger partial charge on any atom is 0.302 e. The fourth-order valence-corrected chi connectivity index (χ4v) is 11.8. The van der Waals surface area contributed by atoms with E-state index in [1.165, 1.54) is 0 Å². The summed E-state index contributed by atoms with van der Waals surface area (Å²) in [6, 6.07) is 60.0. The second-order valence-corrected chi connectivity index (χ2v) is 20.7. The van der Waals surface area contributed by atoms with Gasteiger partial charge in [0.25, 0.3) is 17.1 Å². The molecular weight excluding hydrogens is 949 g/mol. The lowest BCUT2D eigenvalue weighted by Gasteiger charge is -2.34. The predicted molar refractivity (Wildman–Crippen MR) is 277 cm³/mol. The number of ether oxygens (including phenoxy) is 3. The van der Waals surface area contributed by atoms with Gasteiger partial charge in [-0.1, -0.05) is 182 Å². The standard InChI is InChI=1S/C55H55N7O8P2/c1-59(2)39-57-55-58-51(63)48-52(60(55)33-41-21-9-3-10-22-41)61(40-56-48)53-50-49(69-54(70-50)46-31-19-8-20-32-46)47(68-53)38-67-72(66-37-45-29-17-7-18-30-45)62(34-42-23-11-4-12-24-42)71(64-35-43-25-13-5-14-26-43)65-36-44-27-15-6-16-28-44/h3-32,39-40,47,49-50,53-54H,33-38H2,1-2H3/b57-39+. The number of nitrogens with zero attached hydrogens (tertiary/aromatic N) is 7. The Morgan fingerprint density at radius 1 is 0.611 bits per heavy atom. The third-order valence-corrected chi connectivity index (χ3v) is 15.2. The van der Waals surface area contributed by atoms with Crippen LogP contribution in [0.2, 0.25) is 0 Å². The zero-order chi connectivity index (χ0) is 49.1. The molecule has 6 aromatic carbocycles. The zero-order valence-electron chi connectivity index (χ0n) is 39.9. The van der Waals surface area contributed by atoms with Crippen LogP contribution in [0.25, 0.3) is 11.2 Å². The molecule has 2 aliphatic rings. The Kier molecular flexibility index (Phi) is 16.4. The summed E-state index contributed by atoms with van der Waals surface area (Å²) in [5.74, 6) is 0.215. The summed E-state index contributed by atoms with van der Waals surface area (Å²) in [4.78, 5) is 29.3. The molecule has 10 rings (SSSR count). The van der Waals surface area contributed by atoms with Gasteiger partial charge in [-0.3, -0.25) is 13.9 Å². The molecule has 8 aromatic rings.